The Hall–Kier alpha value is -2.05. The van der Waals surface area contributed by atoms with Crippen molar-refractivity contribution in [2.45, 2.75) is 13.3 Å². The van der Waals surface area contributed by atoms with Crippen LogP contribution in [0.5, 0.6) is 5.75 Å². The lowest BCUT2D eigenvalue weighted by Crippen LogP contribution is -2.17. The van der Waals surface area contributed by atoms with Crippen LogP contribution in [0.3, 0.4) is 0 Å². The van der Waals surface area contributed by atoms with Crippen molar-refractivity contribution in [3.8, 4) is 5.75 Å². The van der Waals surface area contributed by atoms with E-state index in [1.807, 2.05) is 25.1 Å². The minimum absolute atomic E-state index is 0.609. The van der Waals surface area contributed by atoms with Crippen LogP contribution in [0.1, 0.15) is 12.1 Å². The molecule has 130 valence electrons. The summed E-state index contributed by atoms with van der Waals surface area (Å²) in [6.45, 7) is 3.78. The van der Waals surface area contributed by atoms with Crippen molar-refractivity contribution < 1.29 is 4.74 Å². The van der Waals surface area contributed by atoms with Crippen molar-refractivity contribution >= 4 is 29.1 Å². The highest BCUT2D eigenvalue weighted by molar-refractivity contribution is 6.31. The number of methoxy groups -OCH3 is 1. The summed E-state index contributed by atoms with van der Waals surface area (Å²) in [5.41, 5.74) is 1.64. The van der Waals surface area contributed by atoms with Crippen LogP contribution in [0.15, 0.2) is 24.3 Å². The van der Waals surface area contributed by atoms with Crippen molar-refractivity contribution in [3.05, 3.63) is 35.0 Å². The second kappa shape index (κ2) is 8.70. The molecule has 0 amide bonds. The van der Waals surface area contributed by atoms with E-state index < -0.39 is 0 Å². The summed E-state index contributed by atoms with van der Waals surface area (Å²) in [5.74, 6) is 2.01. The number of rotatable bonds is 8. The van der Waals surface area contributed by atoms with Crippen molar-refractivity contribution in [1.82, 2.24) is 14.9 Å². The molecule has 1 aromatic heterocycles. The molecule has 0 unspecified atom stereocenters. The average Bonchev–Trinajstić information content (AvgIpc) is 2.51. The normalized spacial score (nSPS) is 10.8. The van der Waals surface area contributed by atoms with E-state index in [0.29, 0.717) is 22.5 Å². The number of aromatic nitrogens is 2. The standard InChI is InChI=1S/C17H24ClN5O/c1-12-10-16(21-14-11-13(18)6-7-15(14)24-4)22-17(20-12)19-8-5-9-23(2)3/h6-7,10-11H,5,8-9H2,1-4H3,(H2,19,20,21,22). The van der Waals surface area contributed by atoms with Gasteiger partial charge in [0.15, 0.2) is 0 Å². The maximum atomic E-state index is 6.07. The van der Waals surface area contributed by atoms with Crippen LogP contribution in [0.4, 0.5) is 17.5 Å². The van der Waals surface area contributed by atoms with Gasteiger partial charge in [0.25, 0.3) is 0 Å². The molecular weight excluding hydrogens is 326 g/mol. The van der Waals surface area contributed by atoms with Gasteiger partial charge < -0.3 is 20.3 Å². The predicted octanol–water partition coefficient (Wildman–Crippen LogP) is 3.55. The van der Waals surface area contributed by atoms with Crippen LogP contribution in [-0.2, 0) is 0 Å². The fourth-order valence-electron chi connectivity index (χ4n) is 2.22. The molecule has 2 N–H and O–H groups in total. The fourth-order valence-corrected chi connectivity index (χ4v) is 2.40. The zero-order valence-corrected chi connectivity index (χ0v) is 15.3. The molecule has 0 saturated heterocycles. The highest BCUT2D eigenvalue weighted by Crippen LogP contribution is 2.30. The van der Waals surface area contributed by atoms with E-state index in [0.717, 1.165) is 30.9 Å². The summed E-state index contributed by atoms with van der Waals surface area (Å²) in [5, 5.41) is 7.14. The Morgan fingerprint density at radius 1 is 1.21 bits per heavy atom. The summed E-state index contributed by atoms with van der Waals surface area (Å²) >= 11 is 6.07. The molecule has 0 atom stereocenters. The largest absolute Gasteiger partial charge is 0.495 e. The molecule has 2 rings (SSSR count). The number of aryl methyl sites for hydroxylation is 1. The van der Waals surface area contributed by atoms with Gasteiger partial charge in [-0.1, -0.05) is 11.6 Å². The average molecular weight is 350 g/mol. The monoisotopic (exact) mass is 349 g/mol. The molecule has 0 spiro atoms. The van der Waals surface area contributed by atoms with E-state index in [1.54, 1.807) is 13.2 Å². The first-order chi connectivity index (χ1) is 11.5. The lowest BCUT2D eigenvalue weighted by atomic mass is 10.3. The smallest absolute Gasteiger partial charge is 0.224 e. The summed E-state index contributed by atoms with van der Waals surface area (Å²) in [6, 6.07) is 7.29. The minimum Gasteiger partial charge on any atom is -0.495 e. The Balaban J connectivity index is 2.09. The molecule has 0 radical (unpaired) electrons. The third-order valence-corrected chi connectivity index (χ3v) is 3.58. The van der Waals surface area contributed by atoms with Gasteiger partial charge in [-0.3, -0.25) is 0 Å². The first-order valence-corrected chi connectivity index (χ1v) is 8.20. The first-order valence-electron chi connectivity index (χ1n) is 7.83. The third kappa shape index (κ3) is 5.54. The Bertz CT molecular complexity index is 678. The SMILES string of the molecule is COc1ccc(Cl)cc1Nc1cc(C)nc(NCCCN(C)C)n1. The second-order valence-corrected chi connectivity index (χ2v) is 6.21. The topological polar surface area (TPSA) is 62.3 Å². The number of anilines is 3. The summed E-state index contributed by atoms with van der Waals surface area (Å²) < 4.78 is 5.35. The van der Waals surface area contributed by atoms with Gasteiger partial charge in [-0.25, -0.2) is 4.98 Å². The van der Waals surface area contributed by atoms with E-state index in [2.05, 4.69) is 39.6 Å². The van der Waals surface area contributed by atoms with Gasteiger partial charge in [-0.2, -0.15) is 4.98 Å². The van der Waals surface area contributed by atoms with Gasteiger partial charge in [0.05, 0.1) is 12.8 Å². The van der Waals surface area contributed by atoms with E-state index in [-0.39, 0.29) is 0 Å². The molecule has 0 fully saturated rings. The van der Waals surface area contributed by atoms with E-state index >= 15 is 0 Å². The van der Waals surface area contributed by atoms with Gasteiger partial charge in [0, 0.05) is 23.3 Å². The van der Waals surface area contributed by atoms with Gasteiger partial charge in [-0.15, -0.1) is 0 Å². The Morgan fingerprint density at radius 3 is 2.71 bits per heavy atom. The van der Waals surface area contributed by atoms with Crippen molar-refractivity contribution in [2.75, 3.05) is 44.9 Å². The lowest BCUT2D eigenvalue weighted by molar-refractivity contribution is 0.405. The third-order valence-electron chi connectivity index (χ3n) is 3.34. The number of nitrogens with zero attached hydrogens (tertiary/aromatic N) is 3. The van der Waals surface area contributed by atoms with E-state index in [1.165, 1.54) is 0 Å². The summed E-state index contributed by atoms with van der Waals surface area (Å²) in [7, 11) is 5.74. The molecule has 7 heteroatoms. The maximum Gasteiger partial charge on any atom is 0.224 e. The zero-order valence-electron chi connectivity index (χ0n) is 14.6. The highest BCUT2D eigenvalue weighted by atomic mass is 35.5. The molecule has 1 heterocycles. The Labute approximate surface area is 148 Å². The molecule has 0 aliphatic carbocycles. The Kier molecular flexibility index (Phi) is 6.63. The second-order valence-electron chi connectivity index (χ2n) is 5.77. The van der Waals surface area contributed by atoms with Crippen LogP contribution in [0.2, 0.25) is 5.02 Å². The number of ether oxygens (including phenoxy) is 1. The zero-order chi connectivity index (χ0) is 17.5. The van der Waals surface area contributed by atoms with Crippen LogP contribution in [0, 0.1) is 6.92 Å². The van der Waals surface area contributed by atoms with Crippen LogP contribution < -0.4 is 15.4 Å². The van der Waals surface area contributed by atoms with Crippen molar-refractivity contribution in [2.24, 2.45) is 0 Å². The molecule has 0 aliphatic heterocycles. The quantitative estimate of drug-likeness (QED) is 0.710. The van der Waals surface area contributed by atoms with E-state index in [4.69, 9.17) is 16.3 Å². The van der Waals surface area contributed by atoms with Crippen LogP contribution in [-0.4, -0.2) is 49.2 Å². The number of halogens is 1. The minimum atomic E-state index is 0.609. The highest BCUT2D eigenvalue weighted by Gasteiger charge is 2.07. The molecule has 0 saturated carbocycles. The number of nitrogens with one attached hydrogen (secondary N) is 2. The number of hydrogen-bond acceptors (Lipinski definition) is 6. The molecule has 24 heavy (non-hydrogen) atoms. The molecule has 1 aromatic carbocycles. The van der Waals surface area contributed by atoms with Gasteiger partial charge in [-0.05, 0) is 52.2 Å². The molecule has 0 bridgehead atoms. The molecule has 6 nitrogen and oxygen atoms in total. The summed E-state index contributed by atoms with van der Waals surface area (Å²) in [4.78, 5) is 11.1. The van der Waals surface area contributed by atoms with E-state index in [9.17, 15) is 0 Å². The molecule has 2 aromatic rings. The van der Waals surface area contributed by atoms with Gasteiger partial charge >= 0.3 is 0 Å². The fraction of sp³-hybridized carbons (Fsp3) is 0.412. The van der Waals surface area contributed by atoms with Gasteiger partial charge in [0.1, 0.15) is 11.6 Å². The maximum absolute atomic E-state index is 6.07. The molecular formula is C17H24ClN5O. The van der Waals surface area contributed by atoms with Crippen molar-refractivity contribution in [3.63, 3.8) is 0 Å². The lowest BCUT2D eigenvalue weighted by Gasteiger charge is -2.13. The van der Waals surface area contributed by atoms with Gasteiger partial charge in [0.2, 0.25) is 5.95 Å². The van der Waals surface area contributed by atoms with Crippen LogP contribution in [0.25, 0.3) is 0 Å². The molecule has 0 aliphatic rings. The predicted molar refractivity (Wildman–Crippen MR) is 99.7 cm³/mol. The first kappa shape index (κ1) is 18.3. The summed E-state index contributed by atoms with van der Waals surface area (Å²) in [6.07, 6.45) is 1.02. The number of benzene rings is 1. The number of hydrogen-bond donors (Lipinski definition) is 2. The van der Waals surface area contributed by atoms with Crippen LogP contribution >= 0.6 is 11.6 Å². The Morgan fingerprint density at radius 2 is 2.00 bits per heavy atom. The van der Waals surface area contributed by atoms with Crippen molar-refractivity contribution in [1.29, 1.82) is 0 Å².